The number of ether oxygens (including phenoxy) is 1. The number of anilines is 1. The average Bonchev–Trinajstić information content (AvgIpc) is 3.42. The fourth-order valence-electron chi connectivity index (χ4n) is 4.53. The number of amides is 1. The molecule has 174 valence electrons. The zero-order valence-electron chi connectivity index (χ0n) is 19.3. The van der Waals surface area contributed by atoms with Crippen LogP contribution in [0.3, 0.4) is 0 Å². The summed E-state index contributed by atoms with van der Waals surface area (Å²) in [7, 11) is 0. The standard InChI is InChI=1S/C26H23N7O2/c1-16-25-21(19-8-10-20(11-9-19)35-15-18-6-4-3-5-7-18)14-24(34)27-26(25)33(30-16)23-13-12-22-29-28-17(2)32(22)31-23/h3-13,21H,14-15H2,1-2H3,(H,27,34)/t21-/m1/s1. The fourth-order valence-corrected chi connectivity index (χ4v) is 4.53. The monoisotopic (exact) mass is 465 g/mol. The predicted octanol–water partition coefficient (Wildman–Crippen LogP) is 3.98. The van der Waals surface area contributed by atoms with E-state index in [0.29, 0.717) is 36.1 Å². The van der Waals surface area contributed by atoms with Crippen molar-refractivity contribution < 1.29 is 9.53 Å². The van der Waals surface area contributed by atoms with Crippen molar-refractivity contribution in [3.05, 3.63) is 94.9 Å². The van der Waals surface area contributed by atoms with Crippen LogP contribution in [0.15, 0.2) is 66.7 Å². The van der Waals surface area contributed by atoms with E-state index in [1.807, 2.05) is 80.6 Å². The van der Waals surface area contributed by atoms with Gasteiger partial charge in [0.25, 0.3) is 0 Å². The van der Waals surface area contributed by atoms with Gasteiger partial charge in [-0.05, 0) is 49.2 Å². The van der Waals surface area contributed by atoms with Crippen LogP contribution in [-0.2, 0) is 11.4 Å². The molecule has 0 aliphatic carbocycles. The summed E-state index contributed by atoms with van der Waals surface area (Å²) in [6, 6.07) is 21.7. The normalized spacial score (nSPS) is 15.1. The summed E-state index contributed by atoms with van der Waals surface area (Å²) in [4.78, 5) is 12.7. The van der Waals surface area contributed by atoms with E-state index in [9.17, 15) is 4.79 Å². The van der Waals surface area contributed by atoms with Gasteiger partial charge in [-0.2, -0.15) is 14.3 Å². The first-order valence-corrected chi connectivity index (χ1v) is 11.4. The third-order valence-corrected chi connectivity index (χ3v) is 6.25. The molecule has 0 bridgehead atoms. The predicted molar refractivity (Wildman–Crippen MR) is 130 cm³/mol. The Kier molecular flexibility index (Phi) is 5.02. The summed E-state index contributed by atoms with van der Waals surface area (Å²) >= 11 is 0. The molecule has 1 N–H and O–H groups in total. The molecule has 0 saturated heterocycles. The largest absolute Gasteiger partial charge is 0.489 e. The third-order valence-electron chi connectivity index (χ3n) is 6.25. The Labute approximate surface area is 201 Å². The van der Waals surface area contributed by atoms with Crippen molar-refractivity contribution in [3.63, 3.8) is 0 Å². The molecule has 0 spiro atoms. The number of nitrogens with zero attached hydrogens (tertiary/aromatic N) is 6. The van der Waals surface area contributed by atoms with E-state index >= 15 is 0 Å². The van der Waals surface area contributed by atoms with Gasteiger partial charge in [0, 0.05) is 17.9 Å². The first-order valence-electron chi connectivity index (χ1n) is 11.4. The van der Waals surface area contributed by atoms with Gasteiger partial charge in [-0.3, -0.25) is 4.79 Å². The van der Waals surface area contributed by atoms with Crippen LogP contribution in [0.5, 0.6) is 5.75 Å². The summed E-state index contributed by atoms with van der Waals surface area (Å²) in [5.41, 5.74) is 4.64. The molecule has 4 heterocycles. The van der Waals surface area contributed by atoms with Gasteiger partial charge in [-0.15, -0.1) is 15.3 Å². The number of rotatable bonds is 5. The van der Waals surface area contributed by atoms with Gasteiger partial charge in [0.1, 0.15) is 18.2 Å². The van der Waals surface area contributed by atoms with E-state index in [-0.39, 0.29) is 11.8 Å². The lowest BCUT2D eigenvalue weighted by Gasteiger charge is -2.24. The molecule has 9 nitrogen and oxygen atoms in total. The first kappa shape index (κ1) is 21.0. The fraction of sp³-hybridized carbons (Fsp3) is 0.192. The SMILES string of the molecule is Cc1nn(-c2ccc3nnc(C)n3n2)c2c1[C@@H](c1ccc(OCc3ccccc3)cc1)CC(=O)N2. The summed E-state index contributed by atoms with van der Waals surface area (Å²) in [5, 5.41) is 20.5. The van der Waals surface area contributed by atoms with E-state index in [0.717, 1.165) is 28.1 Å². The van der Waals surface area contributed by atoms with Gasteiger partial charge in [0.05, 0.1) is 5.69 Å². The minimum Gasteiger partial charge on any atom is -0.489 e. The summed E-state index contributed by atoms with van der Waals surface area (Å²) < 4.78 is 9.28. The highest BCUT2D eigenvalue weighted by molar-refractivity contribution is 5.95. The molecule has 5 aromatic rings. The van der Waals surface area contributed by atoms with Crippen molar-refractivity contribution in [2.45, 2.75) is 32.8 Å². The lowest BCUT2D eigenvalue weighted by molar-refractivity contribution is -0.116. The van der Waals surface area contributed by atoms with Crippen LogP contribution < -0.4 is 10.1 Å². The molecule has 1 aliphatic rings. The van der Waals surface area contributed by atoms with Crippen molar-refractivity contribution in [2.24, 2.45) is 0 Å². The summed E-state index contributed by atoms with van der Waals surface area (Å²) in [6.45, 7) is 4.30. The maximum Gasteiger partial charge on any atom is 0.226 e. The quantitative estimate of drug-likeness (QED) is 0.422. The minimum absolute atomic E-state index is 0.0605. The Bertz CT molecular complexity index is 1540. The molecule has 35 heavy (non-hydrogen) atoms. The molecule has 1 aliphatic heterocycles. The number of hydrogen-bond donors (Lipinski definition) is 1. The number of aryl methyl sites for hydroxylation is 2. The molecule has 2 aromatic carbocycles. The highest BCUT2D eigenvalue weighted by Crippen LogP contribution is 2.40. The lowest BCUT2D eigenvalue weighted by Crippen LogP contribution is -2.25. The number of nitrogens with one attached hydrogen (secondary N) is 1. The van der Waals surface area contributed by atoms with Gasteiger partial charge in [-0.1, -0.05) is 42.5 Å². The molecule has 0 unspecified atom stereocenters. The van der Waals surface area contributed by atoms with Crippen LogP contribution in [0.1, 0.15) is 40.5 Å². The van der Waals surface area contributed by atoms with Crippen molar-refractivity contribution in [1.29, 1.82) is 0 Å². The van der Waals surface area contributed by atoms with Crippen molar-refractivity contribution in [3.8, 4) is 11.6 Å². The number of benzene rings is 2. The Hall–Kier alpha value is -4.53. The van der Waals surface area contributed by atoms with Gasteiger partial charge in [0.2, 0.25) is 5.91 Å². The number of fused-ring (bicyclic) bond motifs is 2. The molecule has 6 rings (SSSR count). The van der Waals surface area contributed by atoms with E-state index < -0.39 is 0 Å². The zero-order chi connectivity index (χ0) is 23.9. The Morgan fingerprint density at radius 3 is 2.57 bits per heavy atom. The Morgan fingerprint density at radius 1 is 0.971 bits per heavy atom. The zero-order valence-corrected chi connectivity index (χ0v) is 19.3. The van der Waals surface area contributed by atoms with Crippen LogP contribution in [0.2, 0.25) is 0 Å². The second-order valence-corrected chi connectivity index (χ2v) is 8.62. The molecule has 1 amide bonds. The van der Waals surface area contributed by atoms with Crippen LogP contribution in [0.25, 0.3) is 11.5 Å². The maximum absolute atomic E-state index is 12.7. The van der Waals surface area contributed by atoms with Gasteiger partial charge < -0.3 is 10.1 Å². The van der Waals surface area contributed by atoms with Crippen LogP contribution in [0, 0.1) is 13.8 Å². The molecular weight excluding hydrogens is 442 g/mol. The Balaban J connectivity index is 1.32. The minimum atomic E-state index is -0.115. The van der Waals surface area contributed by atoms with Crippen LogP contribution in [0.4, 0.5) is 5.82 Å². The summed E-state index contributed by atoms with van der Waals surface area (Å²) in [6.07, 6.45) is 0.348. The van der Waals surface area contributed by atoms with Crippen molar-refractivity contribution in [1.82, 2.24) is 29.6 Å². The smallest absolute Gasteiger partial charge is 0.226 e. The van der Waals surface area contributed by atoms with E-state index in [2.05, 4.69) is 20.6 Å². The molecule has 0 saturated carbocycles. The number of carbonyl (C=O) groups excluding carboxylic acids is 1. The molecule has 9 heteroatoms. The summed E-state index contributed by atoms with van der Waals surface area (Å²) in [5.74, 6) is 2.51. The number of aromatic nitrogens is 6. The topological polar surface area (TPSA) is 99.2 Å². The number of carbonyl (C=O) groups is 1. The third kappa shape index (κ3) is 3.80. The van der Waals surface area contributed by atoms with E-state index in [4.69, 9.17) is 9.84 Å². The highest BCUT2D eigenvalue weighted by atomic mass is 16.5. The number of hydrogen-bond acceptors (Lipinski definition) is 6. The van der Waals surface area contributed by atoms with Gasteiger partial charge in [0.15, 0.2) is 17.3 Å². The Morgan fingerprint density at radius 2 is 1.77 bits per heavy atom. The van der Waals surface area contributed by atoms with Crippen molar-refractivity contribution in [2.75, 3.05) is 5.32 Å². The van der Waals surface area contributed by atoms with Gasteiger partial charge >= 0.3 is 0 Å². The van der Waals surface area contributed by atoms with Gasteiger partial charge in [-0.25, -0.2) is 0 Å². The molecule has 1 atom stereocenters. The molecule has 0 fully saturated rings. The maximum atomic E-state index is 12.7. The highest BCUT2D eigenvalue weighted by Gasteiger charge is 2.33. The molecule has 0 radical (unpaired) electrons. The average molecular weight is 466 g/mol. The van der Waals surface area contributed by atoms with E-state index in [1.54, 1.807) is 9.20 Å². The van der Waals surface area contributed by atoms with Crippen LogP contribution in [-0.4, -0.2) is 35.5 Å². The molecule has 3 aromatic heterocycles. The van der Waals surface area contributed by atoms with Crippen molar-refractivity contribution >= 4 is 17.4 Å². The second kappa shape index (κ2) is 8.35. The van der Waals surface area contributed by atoms with E-state index in [1.165, 1.54) is 0 Å². The molecular formula is C26H23N7O2. The first-order chi connectivity index (χ1) is 17.1. The lowest BCUT2D eigenvalue weighted by atomic mass is 9.86. The van der Waals surface area contributed by atoms with Crippen LogP contribution >= 0.6 is 0 Å². The second-order valence-electron chi connectivity index (χ2n) is 8.62.